The van der Waals surface area contributed by atoms with Crippen molar-refractivity contribution >= 4 is 40.5 Å². The Morgan fingerprint density at radius 3 is 2.68 bits per heavy atom. The second-order valence-corrected chi connectivity index (χ2v) is 9.25. The summed E-state index contributed by atoms with van der Waals surface area (Å²) >= 11 is 1.35. The van der Waals surface area contributed by atoms with Crippen molar-refractivity contribution in [3.8, 4) is 0 Å². The van der Waals surface area contributed by atoms with Crippen LogP contribution in [0.15, 0.2) is 53.9 Å². The molecule has 8 heteroatoms. The van der Waals surface area contributed by atoms with Gasteiger partial charge in [-0.2, -0.15) is 0 Å². The smallest absolute Gasteiger partial charge is 0.311 e. The minimum atomic E-state index is -0.503. The lowest BCUT2D eigenvalue weighted by Gasteiger charge is -2.16. The highest BCUT2D eigenvalue weighted by atomic mass is 32.1. The number of nitrogens with one attached hydrogen (secondary N) is 1. The third kappa shape index (κ3) is 5.69. The molecule has 0 radical (unpaired) electrons. The van der Waals surface area contributed by atoms with E-state index in [9.17, 15) is 14.4 Å². The molecule has 34 heavy (non-hydrogen) atoms. The monoisotopic (exact) mass is 477 g/mol. The lowest BCUT2D eigenvalue weighted by molar-refractivity contribution is -0.149. The van der Waals surface area contributed by atoms with Crippen LogP contribution in [0.1, 0.15) is 35.2 Å². The lowest BCUT2D eigenvalue weighted by atomic mass is 10.1. The van der Waals surface area contributed by atoms with E-state index < -0.39 is 11.9 Å². The van der Waals surface area contributed by atoms with E-state index in [1.807, 2.05) is 55.5 Å². The first-order valence-electron chi connectivity index (χ1n) is 11.3. The third-order valence-electron chi connectivity index (χ3n) is 5.81. The number of nitrogens with zero attached hydrogens (tertiary/aromatic N) is 2. The molecule has 1 atom stereocenters. The SMILES string of the molecule is CCc1ccc(N2C[C@H](C(=O)OCc3csc(CC(=O)Nc4ccccc4C)n3)CC2=O)cc1. The summed E-state index contributed by atoms with van der Waals surface area (Å²) in [5.41, 5.74) is 4.35. The molecule has 2 heterocycles. The van der Waals surface area contributed by atoms with E-state index in [0.717, 1.165) is 23.4 Å². The zero-order chi connectivity index (χ0) is 24.1. The van der Waals surface area contributed by atoms with Crippen LogP contribution in [0.25, 0.3) is 0 Å². The van der Waals surface area contributed by atoms with E-state index in [4.69, 9.17) is 4.74 Å². The van der Waals surface area contributed by atoms with Crippen LogP contribution < -0.4 is 10.2 Å². The van der Waals surface area contributed by atoms with Crippen molar-refractivity contribution in [2.45, 2.75) is 39.7 Å². The molecule has 1 N–H and O–H groups in total. The standard InChI is InChI=1S/C26H27N3O4S/c1-3-18-8-10-21(11-9-18)29-14-19(12-25(29)31)26(32)33-15-20-16-34-24(27-20)13-23(30)28-22-7-5-4-6-17(22)2/h4-11,16,19H,3,12-15H2,1-2H3,(H,28,30)/t19-/m1/s1. The number of amides is 2. The number of thiazole rings is 1. The molecule has 0 unspecified atom stereocenters. The first kappa shape index (κ1) is 23.6. The van der Waals surface area contributed by atoms with E-state index in [0.29, 0.717) is 17.2 Å². The Morgan fingerprint density at radius 1 is 1.18 bits per heavy atom. The van der Waals surface area contributed by atoms with Gasteiger partial charge in [-0.05, 0) is 42.7 Å². The minimum absolute atomic E-state index is 0.0185. The summed E-state index contributed by atoms with van der Waals surface area (Å²) in [5, 5.41) is 5.32. The molecule has 2 aromatic carbocycles. The number of carbonyl (C=O) groups excluding carboxylic acids is 3. The molecule has 1 saturated heterocycles. The molecule has 0 spiro atoms. The van der Waals surface area contributed by atoms with Crippen LogP contribution in [0.5, 0.6) is 0 Å². The number of hydrogen-bond acceptors (Lipinski definition) is 6. The largest absolute Gasteiger partial charge is 0.459 e. The Labute approximate surface area is 202 Å². The maximum atomic E-state index is 12.6. The molecule has 1 aliphatic heterocycles. The average Bonchev–Trinajstić information content (AvgIpc) is 3.45. The van der Waals surface area contributed by atoms with Crippen molar-refractivity contribution < 1.29 is 19.1 Å². The van der Waals surface area contributed by atoms with Gasteiger partial charge in [-0.3, -0.25) is 14.4 Å². The van der Waals surface area contributed by atoms with Crippen LogP contribution >= 0.6 is 11.3 Å². The van der Waals surface area contributed by atoms with Gasteiger partial charge in [0.15, 0.2) is 0 Å². The predicted octanol–water partition coefficient (Wildman–Crippen LogP) is 4.29. The van der Waals surface area contributed by atoms with Gasteiger partial charge in [0.1, 0.15) is 11.6 Å². The van der Waals surface area contributed by atoms with Crippen LogP contribution in [-0.4, -0.2) is 29.3 Å². The van der Waals surface area contributed by atoms with E-state index >= 15 is 0 Å². The van der Waals surface area contributed by atoms with E-state index in [2.05, 4.69) is 17.2 Å². The topological polar surface area (TPSA) is 88.6 Å². The van der Waals surface area contributed by atoms with Crippen molar-refractivity contribution in [2.75, 3.05) is 16.8 Å². The van der Waals surface area contributed by atoms with Crippen molar-refractivity contribution in [3.63, 3.8) is 0 Å². The number of rotatable bonds is 8. The van der Waals surface area contributed by atoms with Gasteiger partial charge in [0.2, 0.25) is 11.8 Å². The molecular formula is C26H27N3O4S. The summed E-state index contributed by atoms with van der Waals surface area (Å²) < 4.78 is 5.44. The molecule has 4 rings (SSSR count). The van der Waals surface area contributed by atoms with E-state index in [1.54, 1.807) is 10.3 Å². The molecule has 0 bridgehead atoms. The van der Waals surface area contributed by atoms with Crippen LogP contribution in [0, 0.1) is 12.8 Å². The van der Waals surface area contributed by atoms with Crippen molar-refractivity contribution in [2.24, 2.45) is 5.92 Å². The Balaban J connectivity index is 1.27. The summed E-state index contributed by atoms with van der Waals surface area (Å²) in [7, 11) is 0. The van der Waals surface area contributed by atoms with Crippen molar-refractivity contribution in [1.29, 1.82) is 0 Å². The third-order valence-corrected chi connectivity index (χ3v) is 6.70. The zero-order valence-corrected chi connectivity index (χ0v) is 20.1. The lowest BCUT2D eigenvalue weighted by Crippen LogP contribution is -2.26. The van der Waals surface area contributed by atoms with Gasteiger partial charge in [0.05, 0.1) is 18.0 Å². The number of benzene rings is 2. The fraction of sp³-hybridized carbons (Fsp3) is 0.308. The summed E-state index contributed by atoms with van der Waals surface area (Å²) in [4.78, 5) is 43.4. The zero-order valence-electron chi connectivity index (χ0n) is 19.2. The second kappa shape index (κ2) is 10.6. The molecular weight excluding hydrogens is 450 g/mol. The fourth-order valence-corrected chi connectivity index (χ4v) is 4.61. The normalized spacial score (nSPS) is 15.4. The minimum Gasteiger partial charge on any atom is -0.459 e. The Hall–Kier alpha value is -3.52. The molecule has 0 aliphatic carbocycles. The van der Waals surface area contributed by atoms with E-state index in [-0.39, 0.29) is 31.3 Å². The molecule has 1 aliphatic rings. The first-order chi connectivity index (χ1) is 16.4. The highest BCUT2D eigenvalue weighted by Gasteiger charge is 2.36. The predicted molar refractivity (Wildman–Crippen MR) is 132 cm³/mol. The van der Waals surface area contributed by atoms with E-state index in [1.165, 1.54) is 16.9 Å². The van der Waals surface area contributed by atoms with Gasteiger partial charge in [0, 0.05) is 29.7 Å². The molecule has 3 aromatic rings. The molecule has 176 valence electrons. The molecule has 0 saturated carbocycles. The number of aryl methyl sites for hydroxylation is 2. The summed E-state index contributed by atoms with van der Waals surface area (Å²) in [6.07, 6.45) is 1.21. The molecule has 7 nitrogen and oxygen atoms in total. The van der Waals surface area contributed by atoms with Gasteiger partial charge < -0.3 is 15.0 Å². The Morgan fingerprint density at radius 2 is 1.94 bits per heavy atom. The first-order valence-corrected chi connectivity index (χ1v) is 12.2. The number of esters is 1. The number of anilines is 2. The quantitative estimate of drug-likeness (QED) is 0.489. The van der Waals surface area contributed by atoms with Gasteiger partial charge in [-0.25, -0.2) is 4.98 Å². The maximum Gasteiger partial charge on any atom is 0.311 e. The number of para-hydroxylation sites is 1. The highest BCUT2D eigenvalue weighted by Crippen LogP contribution is 2.26. The van der Waals surface area contributed by atoms with Gasteiger partial charge in [-0.1, -0.05) is 37.3 Å². The Bertz CT molecular complexity index is 1190. The summed E-state index contributed by atoms with van der Waals surface area (Å²) in [6, 6.07) is 15.4. The van der Waals surface area contributed by atoms with Gasteiger partial charge >= 0.3 is 5.97 Å². The number of carbonyl (C=O) groups is 3. The maximum absolute atomic E-state index is 12.6. The second-order valence-electron chi connectivity index (χ2n) is 8.31. The van der Waals surface area contributed by atoms with Crippen LogP contribution in [0.2, 0.25) is 0 Å². The van der Waals surface area contributed by atoms with Crippen molar-refractivity contribution in [3.05, 3.63) is 75.7 Å². The number of ether oxygens (including phenoxy) is 1. The number of aromatic nitrogens is 1. The fourth-order valence-electron chi connectivity index (χ4n) is 3.83. The number of hydrogen-bond donors (Lipinski definition) is 1. The molecule has 1 aromatic heterocycles. The van der Waals surface area contributed by atoms with Crippen LogP contribution in [0.3, 0.4) is 0 Å². The average molecular weight is 478 g/mol. The van der Waals surface area contributed by atoms with Gasteiger partial charge in [-0.15, -0.1) is 11.3 Å². The van der Waals surface area contributed by atoms with Crippen LogP contribution in [-0.2, 0) is 38.6 Å². The van der Waals surface area contributed by atoms with Crippen LogP contribution in [0.4, 0.5) is 11.4 Å². The van der Waals surface area contributed by atoms with Gasteiger partial charge in [0.25, 0.3) is 0 Å². The Kier molecular flexibility index (Phi) is 7.37. The highest BCUT2D eigenvalue weighted by molar-refractivity contribution is 7.09. The molecule has 1 fully saturated rings. The molecule has 2 amide bonds. The summed E-state index contributed by atoms with van der Waals surface area (Å²) in [5.74, 6) is -1.14. The van der Waals surface area contributed by atoms with Crippen molar-refractivity contribution in [1.82, 2.24) is 4.98 Å². The summed E-state index contributed by atoms with van der Waals surface area (Å²) in [6.45, 7) is 4.34.